The van der Waals surface area contributed by atoms with Gasteiger partial charge in [-0.1, -0.05) is 18.2 Å². The molecule has 1 aliphatic heterocycles. The Morgan fingerprint density at radius 2 is 2.00 bits per heavy atom. The van der Waals surface area contributed by atoms with Gasteiger partial charge in [-0.3, -0.25) is 0 Å². The lowest BCUT2D eigenvalue weighted by Crippen LogP contribution is -2.13. The van der Waals surface area contributed by atoms with Gasteiger partial charge in [0.15, 0.2) is 6.29 Å². The molecule has 134 valence electrons. The Morgan fingerprint density at radius 3 is 2.81 bits per heavy atom. The Bertz CT molecular complexity index is 988. The number of aromatic hydroxyl groups is 1. The highest BCUT2D eigenvalue weighted by Crippen LogP contribution is 2.36. The second-order valence-corrected chi connectivity index (χ2v) is 7.82. The number of hydrogen-bond acceptors (Lipinski definition) is 6. The summed E-state index contributed by atoms with van der Waals surface area (Å²) in [7, 11) is 0. The van der Waals surface area contributed by atoms with Gasteiger partial charge >= 0.3 is 5.63 Å². The largest absolute Gasteiger partial charge is 0.507 e. The zero-order valence-corrected chi connectivity index (χ0v) is 16.0. The second kappa shape index (κ2) is 7.44. The van der Waals surface area contributed by atoms with Crippen molar-refractivity contribution in [3.8, 4) is 5.75 Å². The highest BCUT2D eigenvalue weighted by molar-refractivity contribution is 9.10. The molecule has 0 bridgehead atoms. The number of fused-ring (bicyclic) bond motifs is 1. The van der Waals surface area contributed by atoms with Gasteiger partial charge in [0.25, 0.3) is 0 Å². The SMILES string of the molecule is O=c1cc(C2OCC(CSc3ccccc3)O2)c2cc(Br)c(O)cc2o1. The summed E-state index contributed by atoms with van der Waals surface area (Å²) in [5.74, 6) is 0.757. The summed E-state index contributed by atoms with van der Waals surface area (Å²) in [5.41, 5.74) is 0.384. The first-order valence-electron chi connectivity index (χ1n) is 8.01. The molecule has 5 nitrogen and oxygen atoms in total. The number of halogens is 1. The Kier molecular flexibility index (Phi) is 5.04. The Labute approximate surface area is 162 Å². The summed E-state index contributed by atoms with van der Waals surface area (Å²) in [6, 6.07) is 14.6. The van der Waals surface area contributed by atoms with Gasteiger partial charge in [0, 0.05) is 33.7 Å². The number of ether oxygens (including phenoxy) is 2. The predicted molar refractivity (Wildman–Crippen MR) is 103 cm³/mol. The van der Waals surface area contributed by atoms with Gasteiger partial charge in [0.05, 0.1) is 17.2 Å². The van der Waals surface area contributed by atoms with Crippen LogP contribution < -0.4 is 5.63 Å². The number of phenolic OH excluding ortho intramolecular Hbond substituents is 1. The van der Waals surface area contributed by atoms with Gasteiger partial charge in [0.2, 0.25) is 0 Å². The van der Waals surface area contributed by atoms with Crippen LogP contribution >= 0.6 is 27.7 Å². The molecule has 1 fully saturated rings. The van der Waals surface area contributed by atoms with Crippen LogP contribution in [0.15, 0.2) is 67.1 Å². The van der Waals surface area contributed by atoms with E-state index in [9.17, 15) is 9.90 Å². The molecule has 0 amide bonds. The van der Waals surface area contributed by atoms with Crippen molar-refractivity contribution in [2.75, 3.05) is 12.4 Å². The van der Waals surface area contributed by atoms with E-state index in [1.165, 1.54) is 17.0 Å². The van der Waals surface area contributed by atoms with Crippen molar-refractivity contribution < 1.29 is 19.0 Å². The topological polar surface area (TPSA) is 68.9 Å². The lowest BCUT2D eigenvalue weighted by molar-refractivity contribution is -0.0557. The highest BCUT2D eigenvalue weighted by Gasteiger charge is 2.29. The molecule has 0 spiro atoms. The van der Waals surface area contributed by atoms with Gasteiger partial charge in [-0.2, -0.15) is 0 Å². The first-order chi connectivity index (χ1) is 12.6. The van der Waals surface area contributed by atoms with Crippen LogP contribution in [0.25, 0.3) is 11.0 Å². The summed E-state index contributed by atoms with van der Waals surface area (Å²) in [6.07, 6.45) is -0.715. The third-order valence-electron chi connectivity index (χ3n) is 4.03. The summed E-state index contributed by atoms with van der Waals surface area (Å²) in [5, 5.41) is 10.5. The third-order valence-corrected chi connectivity index (χ3v) is 5.81. The van der Waals surface area contributed by atoms with E-state index in [-0.39, 0.29) is 11.9 Å². The molecular weight excluding hydrogens is 420 g/mol. The molecule has 1 saturated heterocycles. The molecule has 1 N–H and O–H groups in total. The molecule has 0 saturated carbocycles. The molecule has 0 aliphatic carbocycles. The molecule has 3 aromatic rings. The van der Waals surface area contributed by atoms with E-state index in [4.69, 9.17) is 13.9 Å². The Hall–Kier alpha value is -1.80. The zero-order valence-electron chi connectivity index (χ0n) is 13.6. The summed E-state index contributed by atoms with van der Waals surface area (Å²) >= 11 is 4.99. The van der Waals surface area contributed by atoms with Crippen LogP contribution in [0.5, 0.6) is 5.75 Å². The van der Waals surface area contributed by atoms with Crippen molar-refractivity contribution in [3.63, 3.8) is 0 Å². The fraction of sp³-hybridized carbons (Fsp3) is 0.211. The molecule has 2 atom stereocenters. The molecule has 2 aromatic carbocycles. The van der Waals surface area contributed by atoms with Gasteiger partial charge in [0.1, 0.15) is 11.3 Å². The maximum absolute atomic E-state index is 11.9. The van der Waals surface area contributed by atoms with Crippen LogP contribution in [0, 0.1) is 0 Å². The highest BCUT2D eigenvalue weighted by atomic mass is 79.9. The van der Waals surface area contributed by atoms with E-state index in [0.717, 1.165) is 5.75 Å². The summed E-state index contributed by atoms with van der Waals surface area (Å²) in [6.45, 7) is 0.450. The van der Waals surface area contributed by atoms with E-state index in [2.05, 4.69) is 28.1 Å². The summed E-state index contributed by atoms with van der Waals surface area (Å²) in [4.78, 5) is 13.0. The first kappa shape index (κ1) is 17.6. The van der Waals surface area contributed by atoms with Gasteiger partial charge in [-0.15, -0.1) is 11.8 Å². The predicted octanol–water partition coefficient (Wildman–Crippen LogP) is 4.47. The standard InChI is InChI=1S/C19H15BrO5S/c20-15-6-13-14(7-18(22)25-17(13)8-16(15)21)19-23-9-11(24-19)10-26-12-4-2-1-3-5-12/h1-8,11,19,21H,9-10H2. The van der Waals surface area contributed by atoms with Crippen LogP contribution in [-0.4, -0.2) is 23.6 Å². The molecule has 2 heterocycles. The molecule has 26 heavy (non-hydrogen) atoms. The Morgan fingerprint density at radius 1 is 1.19 bits per heavy atom. The molecule has 1 aliphatic rings. The lowest BCUT2D eigenvalue weighted by Gasteiger charge is -2.14. The van der Waals surface area contributed by atoms with Gasteiger partial charge in [-0.05, 0) is 34.1 Å². The van der Waals surface area contributed by atoms with Crippen LogP contribution in [0.1, 0.15) is 11.9 Å². The first-order valence-corrected chi connectivity index (χ1v) is 9.79. The monoisotopic (exact) mass is 434 g/mol. The van der Waals surface area contributed by atoms with Crippen LogP contribution in [0.3, 0.4) is 0 Å². The number of phenols is 1. The number of benzene rings is 2. The summed E-state index contributed by atoms with van der Waals surface area (Å²) < 4.78 is 17.5. The molecule has 4 rings (SSSR count). The second-order valence-electron chi connectivity index (χ2n) is 5.87. The number of thioether (sulfide) groups is 1. The van der Waals surface area contributed by atoms with Crippen molar-refractivity contribution in [2.45, 2.75) is 17.3 Å². The van der Waals surface area contributed by atoms with Crippen LogP contribution in [-0.2, 0) is 9.47 Å². The maximum Gasteiger partial charge on any atom is 0.336 e. The minimum absolute atomic E-state index is 0.00296. The molecule has 2 unspecified atom stereocenters. The van der Waals surface area contributed by atoms with Gasteiger partial charge in [-0.25, -0.2) is 4.79 Å². The average Bonchev–Trinajstić information content (AvgIpc) is 3.10. The fourth-order valence-corrected chi connectivity index (χ4v) is 4.04. The Balaban J connectivity index is 1.55. The van der Waals surface area contributed by atoms with Crippen LogP contribution in [0.4, 0.5) is 0 Å². The van der Waals surface area contributed by atoms with E-state index in [0.29, 0.717) is 27.6 Å². The normalized spacial score (nSPS) is 19.9. The van der Waals surface area contributed by atoms with Crippen molar-refractivity contribution >= 4 is 38.7 Å². The van der Waals surface area contributed by atoms with Crippen molar-refractivity contribution in [2.24, 2.45) is 0 Å². The number of hydrogen-bond donors (Lipinski definition) is 1. The van der Waals surface area contributed by atoms with Crippen LogP contribution in [0.2, 0.25) is 0 Å². The van der Waals surface area contributed by atoms with Crippen molar-refractivity contribution in [1.29, 1.82) is 0 Å². The minimum Gasteiger partial charge on any atom is -0.507 e. The fourth-order valence-electron chi connectivity index (χ4n) is 2.79. The molecule has 7 heteroatoms. The van der Waals surface area contributed by atoms with Crippen molar-refractivity contribution in [1.82, 2.24) is 0 Å². The van der Waals surface area contributed by atoms with Crippen molar-refractivity contribution in [3.05, 3.63) is 69.0 Å². The smallest absolute Gasteiger partial charge is 0.336 e. The van der Waals surface area contributed by atoms with E-state index < -0.39 is 11.9 Å². The molecular formula is C19H15BrO5S. The molecule has 0 radical (unpaired) electrons. The quantitative estimate of drug-likeness (QED) is 0.482. The lowest BCUT2D eigenvalue weighted by atomic mass is 10.1. The van der Waals surface area contributed by atoms with Gasteiger partial charge < -0.3 is 19.0 Å². The number of rotatable bonds is 4. The zero-order chi connectivity index (χ0) is 18.1. The average molecular weight is 435 g/mol. The minimum atomic E-state index is -0.639. The maximum atomic E-state index is 11.9. The third kappa shape index (κ3) is 3.66. The van der Waals surface area contributed by atoms with E-state index >= 15 is 0 Å². The van der Waals surface area contributed by atoms with E-state index in [1.54, 1.807) is 17.8 Å². The van der Waals surface area contributed by atoms with E-state index in [1.807, 2.05) is 18.2 Å². The molecule has 1 aromatic heterocycles.